The summed E-state index contributed by atoms with van der Waals surface area (Å²) in [6, 6.07) is 26.0. The van der Waals surface area contributed by atoms with Crippen LogP contribution in [0.5, 0.6) is 0 Å². The lowest BCUT2D eigenvalue weighted by atomic mass is 10.1. The van der Waals surface area contributed by atoms with E-state index < -0.39 is 11.2 Å². The molecule has 1 fully saturated rings. The van der Waals surface area contributed by atoms with Crippen molar-refractivity contribution in [2.75, 3.05) is 4.90 Å². The molecule has 0 saturated carbocycles. The normalized spacial score (nSPS) is 16.8. The average molecular weight is 553 g/mol. The highest BCUT2D eigenvalue weighted by molar-refractivity contribution is 9.10. The Balaban J connectivity index is 1.68. The predicted octanol–water partition coefficient (Wildman–Crippen LogP) is 5.85. The number of carbonyl (C=O) groups is 2. The second kappa shape index (κ2) is 10.9. The minimum absolute atomic E-state index is 0.0983. The van der Waals surface area contributed by atoms with Gasteiger partial charge in [-0.15, -0.1) is 0 Å². The number of amides is 2. The third-order valence-electron chi connectivity index (χ3n) is 5.25. The van der Waals surface area contributed by atoms with Crippen molar-refractivity contribution in [3.8, 4) is 6.07 Å². The molecule has 1 aliphatic heterocycles. The fourth-order valence-corrected chi connectivity index (χ4v) is 5.32. The Morgan fingerprint density at radius 3 is 2.41 bits per heavy atom. The second-order valence-electron chi connectivity index (χ2n) is 7.51. The fraction of sp³-hybridized carbons (Fsp3) is 0.115. The minimum atomic E-state index is -0.526. The molecule has 1 atom stereocenters. The molecule has 34 heavy (non-hydrogen) atoms. The highest BCUT2D eigenvalue weighted by Crippen LogP contribution is 2.42. The molecule has 1 heterocycles. The number of rotatable bonds is 6. The van der Waals surface area contributed by atoms with E-state index >= 15 is 0 Å². The zero-order valence-electron chi connectivity index (χ0n) is 17.9. The molecule has 3 aromatic carbocycles. The van der Waals surface area contributed by atoms with Crippen molar-refractivity contribution in [3.05, 3.63) is 110 Å². The van der Waals surface area contributed by atoms with Crippen molar-refractivity contribution < 1.29 is 9.59 Å². The van der Waals surface area contributed by atoms with Crippen molar-refractivity contribution >= 4 is 56.8 Å². The van der Waals surface area contributed by atoms with Crippen LogP contribution in [0.25, 0.3) is 0 Å². The van der Waals surface area contributed by atoms with Crippen LogP contribution in [0.3, 0.4) is 0 Å². The molecule has 8 heteroatoms. The van der Waals surface area contributed by atoms with E-state index in [1.54, 1.807) is 18.2 Å². The van der Waals surface area contributed by atoms with Gasteiger partial charge in [-0.25, -0.2) is 0 Å². The molecule has 0 aliphatic carbocycles. The number of benzene rings is 3. The lowest BCUT2D eigenvalue weighted by Crippen LogP contribution is -2.32. The van der Waals surface area contributed by atoms with E-state index in [4.69, 9.17) is 11.6 Å². The lowest BCUT2D eigenvalue weighted by molar-refractivity contribution is -0.117. The summed E-state index contributed by atoms with van der Waals surface area (Å²) in [5.41, 5.74) is 2.23. The number of hydrogen-bond acceptors (Lipinski definition) is 4. The van der Waals surface area contributed by atoms with Gasteiger partial charge in [0.25, 0.3) is 5.91 Å². The van der Waals surface area contributed by atoms with E-state index in [1.165, 1.54) is 16.7 Å². The first-order chi connectivity index (χ1) is 16.5. The average Bonchev–Trinajstić information content (AvgIpc) is 3.16. The zero-order chi connectivity index (χ0) is 24.1. The van der Waals surface area contributed by atoms with Crippen molar-refractivity contribution in [1.82, 2.24) is 5.32 Å². The number of hydrogen-bond donors (Lipinski definition) is 1. The largest absolute Gasteiger partial charge is 0.347 e. The van der Waals surface area contributed by atoms with Gasteiger partial charge in [0.1, 0.15) is 16.7 Å². The summed E-state index contributed by atoms with van der Waals surface area (Å²) in [4.78, 5) is 28.0. The smallest absolute Gasteiger partial charge is 0.264 e. The van der Waals surface area contributed by atoms with Gasteiger partial charge in [0.2, 0.25) is 5.91 Å². The fourth-order valence-electron chi connectivity index (χ4n) is 3.54. The zero-order valence-corrected chi connectivity index (χ0v) is 21.0. The minimum Gasteiger partial charge on any atom is -0.347 e. The number of anilines is 1. The van der Waals surface area contributed by atoms with E-state index in [2.05, 4.69) is 21.2 Å². The van der Waals surface area contributed by atoms with Gasteiger partial charge in [0.15, 0.2) is 0 Å². The van der Waals surface area contributed by atoms with E-state index in [0.29, 0.717) is 22.2 Å². The molecule has 0 unspecified atom stereocenters. The number of nitrogens with zero attached hydrogens (tertiary/aromatic N) is 2. The molecule has 3 aromatic rings. The molecule has 170 valence electrons. The topological polar surface area (TPSA) is 73.2 Å². The number of carbonyl (C=O) groups excluding carboxylic acids is 2. The van der Waals surface area contributed by atoms with Gasteiger partial charge >= 0.3 is 0 Å². The molecule has 1 saturated heterocycles. The van der Waals surface area contributed by atoms with E-state index in [1.807, 2.05) is 66.7 Å². The Bertz CT molecular complexity index is 1290. The Hall–Kier alpha value is -3.05. The molecule has 1 aliphatic rings. The SMILES string of the molecule is N#C/C(C(=O)NCc1ccccc1)=C1/S[C@@H](Cc2ccccc2Cl)C(=O)N1c1ccc(Br)cc1. The summed E-state index contributed by atoms with van der Waals surface area (Å²) in [6.45, 7) is 0.276. The first kappa shape index (κ1) is 24.1. The van der Waals surface area contributed by atoms with Crippen molar-refractivity contribution in [2.45, 2.75) is 18.2 Å². The van der Waals surface area contributed by atoms with Crippen LogP contribution in [0, 0.1) is 11.3 Å². The van der Waals surface area contributed by atoms with Gasteiger partial charge in [0, 0.05) is 21.7 Å². The molecule has 0 radical (unpaired) electrons. The first-order valence-corrected chi connectivity index (χ1v) is 12.5. The van der Waals surface area contributed by atoms with Gasteiger partial charge in [-0.1, -0.05) is 87.8 Å². The van der Waals surface area contributed by atoms with Crippen LogP contribution >= 0.6 is 39.3 Å². The van der Waals surface area contributed by atoms with Crippen LogP contribution in [-0.2, 0) is 22.6 Å². The first-order valence-electron chi connectivity index (χ1n) is 10.4. The quantitative estimate of drug-likeness (QED) is 0.308. The molecular formula is C26H19BrClN3O2S. The number of nitrogens with one attached hydrogen (secondary N) is 1. The highest BCUT2D eigenvalue weighted by atomic mass is 79.9. The Morgan fingerprint density at radius 1 is 1.06 bits per heavy atom. The van der Waals surface area contributed by atoms with Gasteiger partial charge in [-0.2, -0.15) is 5.26 Å². The molecule has 0 spiro atoms. The van der Waals surface area contributed by atoms with Gasteiger partial charge in [-0.3, -0.25) is 14.5 Å². The number of halogens is 2. The summed E-state index contributed by atoms with van der Waals surface area (Å²) in [6.07, 6.45) is 0.379. The summed E-state index contributed by atoms with van der Waals surface area (Å²) in [5.74, 6) is -0.729. The van der Waals surface area contributed by atoms with Crippen LogP contribution in [0.1, 0.15) is 11.1 Å². The van der Waals surface area contributed by atoms with E-state index in [9.17, 15) is 14.9 Å². The Labute approximate surface area is 215 Å². The Morgan fingerprint density at radius 2 is 1.74 bits per heavy atom. The molecule has 1 N–H and O–H groups in total. The third kappa shape index (κ3) is 5.36. The van der Waals surface area contributed by atoms with Crippen LogP contribution in [0.4, 0.5) is 5.69 Å². The Kier molecular flexibility index (Phi) is 7.73. The maximum absolute atomic E-state index is 13.5. The van der Waals surface area contributed by atoms with Gasteiger partial charge in [0.05, 0.1) is 5.25 Å². The molecule has 4 rings (SSSR count). The molecule has 0 aromatic heterocycles. The van der Waals surface area contributed by atoms with E-state index in [0.717, 1.165) is 15.6 Å². The standard InChI is InChI=1S/C26H19BrClN3O2S/c27-19-10-12-20(13-11-19)31-25(33)23(14-18-8-4-5-9-22(18)28)34-26(31)21(15-29)24(32)30-16-17-6-2-1-3-7-17/h1-13,23H,14,16H2,(H,30,32)/b26-21-/t23-/m0/s1. The molecule has 2 amide bonds. The molecule has 5 nitrogen and oxygen atoms in total. The van der Waals surface area contributed by atoms with Crippen molar-refractivity contribution in [3.63, 3.8) is 0 Å². The monoisotopic (exact) mass is 551 g/mol. The van der Waals surface area contributed by atoms with Gasteiger partial charge in [-0.05, 0) is 47.9 Å². The second-order valence-corrected chi connectivity index (χ2v) is 10.0. The van der Waals surface area contributed by atoms with Crippen LogP contribution in [-0.4, -0.2) is 17.1 Å². The molecule has 0 bridgehead atoms. The highest BCUT2D eigenvalue weighted by Gasteiger charge is 2.41. The summed E-state index contributed by atoms with van der Waals surface area (Å²) < 4.78 is 0.856. The number of thioether (sulfide) groups is 1. The van der Waals surface area contributed by atoms with Crippen molar-refractivity contribution in [1.29, 1.82) is 5.26 Å². The maximum atomic E-state index is 13.5. The summed E-state index contributed by atoms with van der Waals surface area (Å²) >= 11 is 10.9. The van der Waals surface area contributed by atoms with Crippen molar-refractivity contribution in [2.24, 2.45) is 0 Å². The lowest BCUT2D eigenvalue weighted by Gasteiger charge is -2.19. The van der Waals surface area contributed by atoms with Gasteiger partial charge < -0.3 is 5.32 Å². The summed E-state index contributed by atoms with van der Waals surface area (Å²) in [5, 5.41) is 13.1. The van der Waals surface area contributed by atoms with E-state index in [-0.39, 0.29) is 18.0 Å². The number of nitriles is 1. The van der Waals surface area contributed by atoms with Crippen LogP contribution in [0.2, 0.25) is 5.02 Å². The molecular weight excluding hydrogens is 534 g/mol. The van der Waals surface area contributed by atoms with Crippen LogP contribution < -0.4 is 10.2 Å². The predicted molar refractivity (Wildman–Crippen MR) is 139 cm³/mol. The maximum Gasteiger partial charge on any atom is 0.264 e. The summed E-state index contributed by atoms with van der Waals surface area (Å²) in [7, 11) is 0. The third-order valence-corrected chi connectivity index (χ3v) is 7.41. The van der Waals surface area contributed by atoms with Crippen LogP contribution in [0.15, 0.2) is 93.9 Å².